The van der Waals surface area contributed by atoms with E-state index >= 15 is 0 Å². The second-order valence-electron chi connectivity index (χ2n) is 4.24. The van der Waals surface area contributed by atoms with E-state index in [4.69, 9.17) is 0 Å². The van der Waals surface area contributed by atoms with Crippen LogP contribution in [0.25, 0.3) is 0 Å². The van der Waals surface area contributed by atoms with Gasteiger partial charge in [0.05, 0.1) is 12.3 Å². The van der Waals surface area contributed by atoms with E-state index in [9.17, 15) is 14.4 Å². The Kier molecular flexibility index (Phi) is 4.24. The molecule has 0 unspecified atom stereocenters. The highest BCUT2D eigenvalue weighted by Crippen LogP contribution is 2.16. The minimum atomic E-state index is -1.08. The molecule has 6 heteroatoms. The molecule has 6 nitrogen and oxygen atoms in total. The van der Waals surface area contributed by atoms with Crippen molar-refractivity contribution >= 4 is 23.4 Å². The summed E-state index contributed by atoms with van der Waals surface area (Å²) in [6, 6.07) is 9.16. The van der Waals surface area contributed by atoms with Gasteiger partial charge in [-0.15, -0.1) is 0 Å². The second kappa shape index (κ2) is 6.10. The molecule has 1 N–H and O–H groups in total. The number of ether oxygens (including phenoxy) is 1. The summed E-state index contributed by atoms with van der Waals surface area (Å²) < 4.78 is 4.64. The zero-order valence-corrected chi connectivity index (χ0v) is 11.0. The maximum atomic E-state index is 11.9. The highest BCUT2D eigenvalue weighted by atomic mass is 16.5. The van der Waals surface area contributed by atoms with Gasteiger partial charge < -0.3 is 4.74 Å². The Balaban J connectivity index is 2.17. The summed E-state index contributed by atoms with van der Waals surface area (Å²) in [6.07, 6.45) is 0.0908. The molecule has 0 fully saturated rings. The third-order valence-electron chi connectivity index (χ3n) is 2.92. The maximum absolute atomic E-state index is 11.9. The van der Waals surface area contributed by atoms with E-state index in [0.717, 1.165) is 5.56 Å². The van der Waals surface area contributed by atoms with Crippen molar-refractivity contribution in [2.45, 2.75) is 13.3 Å². The Morgan fingerprint density at radius 1 is 1.35 bits per heavy atom. The predicted octanol–water partition coefficient (Wildman–Crippen LogP) is 0.659. The molecular weight excluding hydrogens is 260 g/mol. The molecule has 1 aromatic carbocycles. The van der Waals surface area contributed by atoms with Crippen molar-refractivity contribution < 1.29 is 19.1 Å². The molecule has 0 aliphatic carbocycles. The van der Waals surface area contributed by atoms with Crippen LogP contribution in [0, 0.1) is 5.92 Å². The number of Topliss-reactive ketones (excluding diaryl/α,β-unsaturated/α-hetero) is 1. The number of carbonyl (C=O) groups excluding carboxylic acids is 3. The first kappa shape index (κ1) is 13.9. The molecule has 1 atom stereocenters. The Labute approximate surface area is 115 Å². The third kappa shape index (κ3) is 2.90. The Morgan fingerprint density at radius 2 is 2.05 bits per heavy atom. The molecule has 0 spiro atoms. The van der Waals surface area contributed by atoms with Gasteiger partial charge in [0, 0.05) is 6.42 Å². The number of amides is 1. The van der Waals surface area contributed by atoms with E-state index in [1.807, 2.05) is 30.3 Å². The summed E-state index contributed by atoms with van der Waals surface area (Å²) >= 11 is 0. The van der Waals surface area contributed by atoms with Crippen LogP contribution in [0.2, 0.25) is 0 Å². The predicted molar refractivity (Wildman–Crippen MR) is 70.9 cm³/mol. The van der Waals surface area contributed by atoms with Crippen molar-refractivity contribution in [2.75, 3.05) is 6.61 Å². The lowest BCUT2D eigenvalue weighted by Gasteiger charge is -2.19. The molecule has 0 aromatic heterocycles. The normalized spacial score (nSPS) is 17.9. The molecule has 1 aliphatic rings. The van der Waals surface area contributed by atoms with Gasteiger partial charge >= 0.3 is 5.97 Å². The Bertz CT molecular complexity index is 566. The van der Waals surface area contributed by atoms with Crippen LogP contribution in [-0.4, -0.2) is 30.0 Å². The van der Waals surface area contributed by atoms with Crippen molar-refractivity contribution in [2.24, 2.45) is 11.0 Å². The number of hydrogen-bond acceptors (Lipinski definition) is 5. The van der Waals surface area contributed by atoms with Gasteiger partial charge in [-0.2, -0.15) is 5.10 Å². The second-order valence-corrected chi connectivity index (χ2v) is 4.24. The highest BCUT2D eigenvalue weighted by Gasteiger charge is 2.36. The van der Waals surface area contributed by atoms with Crippen molar-refractivity contribution in [1.82, 2.24) is 5.43 Å². The quantitative estimate of drug-likeness (QED) is 0.496. The number of ketones is 1. The van der Waals surface area contributed by atoms with Gasteiger partial charge in [0.15, 0.2) is 0 Å². The van der Waals surface area contributed by atoms with E-state index < -0.39 is 23.6 Å². The fourth-order valence-electron chi connectivity index (χ4n) is 1.90. The number of esters is 1. The van der Waals surface area contributed by atoms with Gasteiger partial charge in [-0.3, -0.25) is 9.59 Å². The molecule has 0 bridgehead atoms. The Morgan fingerprint density at radius 3 is 2.70 bits per heavy atom. The van der Waals surface area contributed by atoms with Crippen molar-refractivity contribution in [3.8, 4) is 0 Å². The molecule has 0 saturated carbocycles. The first-order chi connectivity index (χ1) is 9.63. The topological polar surface area (TPSA) is 84.8 Å². The van der Waals surface area contributed by atoms with Crippen LogP contribution in [0.1, 0.15) is 18.9 Å². The summed E-state index contributed by atoms with van der Waals surface area (Å²) in [5.74, 6) is -3.49. The van der Waals surface area contributed by atoms with Crippen LogP contribution in [0.15, 0.2) is 35.4 Å². The van der Waals surface area contributed by atoms with Gasteiger partial charge in [-0.05, 0) is 12.5 Å². The first-order valence-electron chi connectivity index (χ1n) is 6.26. The zero-order valence-electron chi connectivity index (χ0n) is 11.0. The van der Waals surface area contributed by atoms with Gasteiger partial charge in [0.2, 0.25) is 0 Å². The van der Waals surface area contributed by atoms with Crippen molar-refractivity contribution in [1.29, 1.82) is 0 Å². The molecule has 104 valence electrons. The molecule has 20 heavy (non-hydrogen) atoms. The van der Waals surface area contributed by atoms with E-state index in [2.05, 4.69) is 15.3 Å². The molecule has 2 rings (SSSR count). The van der Waals surface area contributed by atoms with Gasteiger partial charge in [0.1, 0.15) is 5.92 Å². The Hall–Kier alpha value is -2.50. The van der Waals surface area contributed by atoms with Crippen LogP contribution in [0.5, 0.6) is 0 Å². The molecular formula is C14H14N2O4. The fraction of sp³-hybridized carbons (Fsp3) is 0.286. The molecule has 1 aromatic rings. The smallest absolute Gasteiger partial charge is 0.375 e. The van der Waals surface area contributed by atoms with Gasteiger partial charge in [0.25, 0.3) is 11.7 Å². The molecule has 1 amide bonds. The average molecular weight is 274 g/mol. The lowest BCUT2D eigenvalue weighted by Crippen LogP contribution is -2.42. The molecule has 1 heterocycles. The standard InChI is InChI=1S/C14H14N2O4/c1-2-20-14(19)12(17)10-8-11(15-16-13(10)18)9-6-4-3-5-7-9/h3-7,10H,2,8H2,1H3,(H,16,18)/t10-/m0/s1. The van der Waals surface area contributed by atoms with Crippen LogP contribution >= 0.6 is 0 Å². The average Bonchev–Trinajstić information content (AvgIpc) is 2.48. The lowest BCUT2D eigenvalue weighted by molar-refractivity contribution is -0.157. The van der Waals surface area contributed by atoms with E-state index in [1.54, 1.807) is 6.92 Å². The maximum Gasteiger partial charge on any atom is 0.375 e. The van der Waals surface area contributed by atoms with Crippen LogP contribution in [-0.2, 0) is 19.1 Å². The van der Waals surface area contributed by atoms with Gasteiger partial charge in [-0.25, -0.2) is 10.2 Å². The minimum Gasteiger partial charge on any atom is -0.460 e. The lowest BCUT2D eigenvalue weighted by atomic mass is 9.92. The number of carbonyl (C=O) groups is 3. The highest BCUT2D eigenvalue weighted by molar-refractivity contribution is 6.39. The third-order valence-corrected chi connectivity index (χ3v) is 2.92. The summed E-state index contributed by atoms with van der Waals surface area (Å²) in [7, 11) is 0. The summed E-state index contributed by atoms with van der Waals surface area (Å²) in [5.41, 5.74) is 3.64. The number of nitrogens with one attached hydrogen (secondary N) is 1. The largest absolute Gasteiger partial charge is 0.460 e. The monoisotopic (exact) mass is 274 g/mol. The van der Waals surface area contributed by atoms with Crippen LogP contribution in [0.3, 0.4) is 0 Å². The number of nitrogens with zero attached hydrogens (tertiary/aromatic N) is 1. The van der Waals surface area contributed by atoms with Crippen LogP contribution in [0.4, 0.5) is 0 Å². The summed E-state index contributed by atoms with van der Waals surface area (Å²) in [5, 5.41) is 3.93. The zero-order chi connectivity index (χ0) is 14.5. The number of hydrogen-bond donors (Lipinski definition) is 1. The molecule has 0 radical (unpaired) electrons. The number of hydrazone groups is 1. The number of rotatable bonds is 4. The fourth-order valence-corrected chi connectivity index (χ4v) is 1.90. The van der Waals surface area contributed by atoms with Crippen molar-refractivity contribution in [3.05, 3.63) is 35.9 Å². The van der Waals surface area contributed by atoms with E-state index in [-0.39, 0.29) is 13.0 Å². The summed E-state index contributed by atoms with van der Waals surface area (Å²) in [4.78, 5) is 35.0. The SMILES string of the molecule is CCOC(=O)C(=O)[C@@H]1CC(c2ccccc2)=NNC1=O. The molecule has 0 saturated heterocycles. The van der Waals surface area contributed by atoms with Crippen LogP contribution < -0.4 is 5.43 Å². The van der Waals surface area contributed by atoms with Crippen molar-refractivity contribution in [3.63, 3.8) is 0 Å². The van der Waals surface area contributed by atoms with E-state index in [1.165, 1.54) is 0 Å². The van der Waals surface area contributed by atoms with E-state index in [0.29, 0.717) is 5.71 Å². The first-order valence-corrected chi connectivity index (χ1v) is 6.26. The molecule has 1 aliphatic heterocycles. The minimum absolute atomic E-state index is 0.0908. The van der Waals surface area contributed by atoms with Gasteiger partial charge in [-0.1, -0.05) is 30.3 Å². The number of benzene rings is 1. The summed E-state index contributed by atoms with van der Waals surface area (Å²) in [6.45, 7) is 1.70.